The van der Waals surface area contributed by atoms with Gasteiger partial charge in [0.1, 0.15) is 0 Å². The fourth-order valence-corrected chi connectivity index (χ4v) is 3.16. The molecule has 1 unspecified atom stereocenters. The smallest absolute Gasteiger partial charge is 0.365 e. The number of hydrogen-bond acceptors (Lipinski definition) is 1. The second kappa shape index (κ2) is 3.90. The highest BCUT2D eigenvalue weighted by Crippen LogP contribution is 2.47. The van der Waals surface area contributed by atoms with Gasteiger partial charge in [-0.2, -0.15) is 15.3 Å². The van der Waals surface area contributed by atoms with Gasteiger partial charge < -0.3 is 5.11 Å². The second-order valence-electron chi connectivity index (χ2n) is 3.06. The van der Waals surface area contributed by atoms with Gasteiger partial charge >= 0.3 is 5.97 Å². The molecule has 0 bridgehead atoms. The molecule has 0 aliphatic carbocycles. The summed E-state index contributed by atoms with van der Waals surface area (Å²) in [6.45, 7) is 0. The van der Waals surface area contributed by atoms with Gasteiger partial charge in [0.05, 0.1) is 0 Å². The summed E-state index contributed by atoms with van der Waals surface area (Å²) in [7, 11) is -0.931. The fraction of sp³-hybridized carbons (Fsp3) is 0. The van der Waals surface area contributed by atoms with Crippen LogP contribution in [-0.4, -0.2) is 11.1 Å². The molecule has 4 heteroatoms. The molecule has 1 aliphatic rings. The minimum absolute atomic E-state index is 0.931. The van der Waals surface area contributed by atoms with E-state index in [1.165, 1.54) is 5.41 Å². The average Bonchev–Trinajstić information content (AvgIpc) is 2.62. The predicted octanol–water partition coefficient (Wildman–Crippen LogP) is 2.93. The molecule has 0 amide bonds. The number of fused-ring (bicyclic) bond motifs is 1. The molecular formula is C11H9FO2S. The van der Waals surface area contributed by atoms with E-state index in [0.29, 0.717) is 0 Å². The molecule has 1 aromatic carbocycles. The van der Waals surface area contributed by atoms with Crippen molar-refractivity contribution in [2.45, 2.75) is 4.90 Å². The second-order valence-corrected chi connectivity index (χ2v) is 4.92. The number of aliphatic carboxylic acids is 1. The van der Waals surface area contributed by atoms with Gasteiger partial charge in [-0.25, -0.2) is 4.79 Å². The Balaban J connectivity index is 2.33. The zero-order chi connectivity index (χ0) is 10.8. The third kappa shape index (κ3) is 1.94. The number of carboxylic acids is 1. The lowest BCUT2D eigenvalue weighted by Gasteiger charge is -2.09. The van der Waals surface area contributed by atoms with Crippen molar-refractivity contribution in [3.63, 3.8) is 0 Å². The van der Waals surface area contributed by atoms with Crippen LogP contribution in [0.5, 0.6) is 0 Å². The van der Waals surface area contributed by atoms with E-state index in [0.717, 1.165) is 10.5 Å². The number of carboxylic acid groups (broad SMARTS) is 1. The minimum atomic E-state index is -1.50. The number of hydrogen-bond donors (Lipinski definition) is 2. The van der Waals surface area contributed by atoms with E-state index >= 15 is 0 Å². The molecule has 0 spiro atoms. The Morgan fingerprint density at radius 2 is 2.13 bits per heavy atom. The van der Waals surface area contributed by atoms with Gasteiger partial charge in [0.25, 0.3) is 0 Å². The number of halogens is 1. The number of thiol groups is 1. The molecule has 0 radical (unpaired) electrons. The van der Waals surface area contributed by atoms with Crippen LogP contribution in [0.25, 0.3) is 6.08 Å². The van der Waals surface area contributed by atoms with Crippen molar-refractivity contribution in [1.82, 2.24) is 0 Å². The van der Waals surface area contributed by atoms with Gasteiger partial charge in [0, 0.05) is 10.3 Å². The zero-order valence-electron chi connectivity index (χ0n) is 7.72. The molecule has 1 atom stereocenters. The summed E-state index contributed by atoms with van der Waals surface area (Å²) >= 11 is 0. The Morgan fingerprint density at radius 1 is 1.40 bits per heavy atom. The first-order valence-corrected chi connectivity index (χ1v) is 5.82. The summed E-state index contributed by atoms with van der Waals surface area (Å²) in [6, 6.07) is 7.60. The van der Waals surface area contributed by atoms with Crippen molar-refractivity contribution in [1.29, 1.82) is 0 Å². The molecule has 1 aromatic rings. The largest absolute Gasteiger partial charge is 0.476 e. The molecule has 2 nitrogen and oxygen atoms in total. The maximum atomic E-state index is 12.9. The van der Waals surface area contributed by atoms with E-state index < -0.39 is 22.7 Å². The molecule has 0 fully saturated rings. The van der Waals surface area contributed by atoms with Crippen LogP contribution in [0.1, 0.15) is 5.56 Å². The number of carbonyl (C=O) groups is 1. The van der Waals surface area contributed by atoms with E-state index in [1.807, 2.05) is 35.7 Å². The van der Waals surface area contributed by atoms with Gasteiger partial charge in [-0.3, -0.25) is 0 Å². The summed E-state index contributed by atoms with van der Waals surface area (Å²) in [5, 5.41) is 11.5. The Morgan fingerprint density at radius 3 is 2.87 bits per heavy atom. The summed E-state index contributed by atoms with van der Waals surface area (Å²) < 4.78 is 12.9. The van der Waals surface area contributed by atoms with Crippen LogP contribution in [-0.2, 0) is 4.79 Å². The van der Waals surface area contributed by atoms with Gasteiger partial charge in [0.15, 0.2) is 0 Å². The lowest BCUT2D eigenvalue weighted by molar-refractivity contribution is -0.134. The van der Waals surface area contributed by atoms with Crippen LogP contribution in [0.3, 0.4) is 0 Å². The lowest BCUT2D eigenvalue weighted by Crippen LogP contribution is -1.94. The molecular weight excluding hydrogens is 215 g/mol. The molecule has 1 N–H and O–H groups in total. The normalized spacial score (nSPS) is 21.4. The quantitative estimate of drug-likeness (QED) is 0.598. The first-order valence-electron chi connectivity index (χ1n) is 4.34. The van der Waals surface area contributed by atoms with Crippen molar-refractivity contribution in [2.75, 3.05) is 0 Å². The Bertz CT molecular complexity index is 465. The van der Waals surface area contributed by atoms with E-state index in [4.69, 9.17) is 5.11 Å². The van der Waals surface area contributed by atoms with Crippen LogP contribution in [0, 0.1) is 0 Å². The SMILES string of the molecule is O=C(O)/C(F)=C/[SH]1C=Cc2ccccc21. The molecule has 0 saturated heterocycles. The van der Waals surface area contributed by atoms with Crippen LogP contribution in [0.15, 0.2) is 45.8 Å². The Hall–Kier alpha value is -1.55. The fourth-order valence-electron chi connectivity index (χ4n) is 1.39. The van der Waals surface area contributed by atoms with Crippen LogP contribution in [0.2, 0.25) is 0 Å². The van der Waals surface area contributed by atoms with Crippen molar-refractivity contribution in [3.8, 4) is 0 Å². The van der Waals surface area contributed by atoms with Gasteiger partial charge in [-0.15, -0.1) is 0 Å². The van der Waals surface area contributed by atoms with Crippen molar-refractivity contribution >= 4 is 22.9 Å². The average molecular weight is 224 g/mol. The van der Waals surface area contributed by atoms with Crippen LogP contribution >= 0.6 is 10.9 Å². The molecule has 0 aromatic heterocycles. The maximum absolute atomic E-state index is 12.9. The first-order chi connectivity index (χ1) is 7.18. The first kappa shape index (κ1) is 9.98. The third-order valence-corrected chi connectivity index (χ3v) is 4.03. The summed E-state index contributed by atoms with van der Waals surface area (Å²) in [5.41, 5.74) is 1.04. The molecule has 0 saturated carbocycles. The van der Waals surface area contributed by atoms with Crippen molar-refractivity contribution < 1.29 is 14.3 Å². The molecule has 1 aliphatic heterocycles. The van der Waals surface area contributed by atoms with E-state index in [-0.39, 0.29) is 0 Å². The summed E-state index contributed by atoms with van der Waals surface area (Å²) in [5.74, 6) is -2.59. The predicted molar refractivity (Wildman–Crippen MR) is 59.6 cm³/mol. The molecule has 1 heterocycles. The number of benzene rings is 1. The van der Waals surface area contributed by atoms with Crippen LogP contribution in [0.4, 0.5) is 4.39 Å². The highest BCUT2D eigenvalue weighted by atomic mass is 32.2. The van der Waals surface area contributed by atoms with Gasteiger partial charge in [-0.1, -0.05) is 18.2 Å². The van der Waals surface area contributed by atoms with Crippen molar-refractivity contribution in [3.05, 3.63) is 46.5 Å². The Labute approximate surface area is 89.1 Å². The van der Waals surface area contributed by atoms with Gasteiger partial charge in [-0.05, 0) is 23.1 Å². The Kier molecular flexibility index (Phi) is 2.60. The van der Waals surface area contributed by atoms with Crippen LogP contribution < -0.4 is 0 Å². The molecule has 78 valence electrons. The summed E-state index contributed by atoms with van der Waals surface area (Å²) in [6.07, 6.45) is 1.90. The van der Waals surface area contributed by atoms with E-state index in [9.17, 15) is 9.18 Å². The molecule has 2 rings (SSSR count). The highest BCUT2D eigenvalue weighted by molar-refractivity contribution is 8.22. The van der Waals surface area contributed by atoms with E-state index in [2.05, 4.69) is 0 Å². The third-order valence-electron chi connectivity index (χ3n) is 2.09. The summed E-state index contributed by atoms with van der Waals surface area (Å²) in [4.78, 5) is 11.3. The maximum Gasteiger partial charge on any atom is 0.365 e. The van der Waals surface area contributed by atoms with Gasteiger partial charge in [0.2, 0.25) is 5.83 Å². The minimum Gasteiger partial charge on any atom is -0.476 e. The lowest BCUT2D eigenvalue weighted by atomic mass is 10.2. The van der Waals surface area contributed by atoms with Crippen molar-refractivity contribution in [2.24, 2.45) is 0 Å². The standard InChI is InChI=1S/C11H9FO2S/c12-9(11(13)14)7-15-6-5-8-3-1-2-4-10(8)15/h1-7,15H,(H,13,14)/b9-7-. The topological polar surface area (TPSA) is 37.3 Å². The molecule has 15 heavy (non-hydrogen) atoms. The van der Waals surface area contributed by atoms with E-state index in [1.54, 1.807) is 0 Å². The zero-order valence-corrected chi connectivity index (χ0v) is 8.62. The highest BCUT2D eigenvalue weighted by Gasteiger charge is 2.14. The monoisotopic (exact) mass is 224 g/mol. The number of rotatable bonds is 2.